The highest BCUT2D eigenvalue weighted by molar-refractivity contribution is 6.04. The van der Waals surface area contributed by atoms with Gasteiger partial charge in [0.25, 0.3) is 11.5 Å². The molecule has 1 aliphatic carbocycles. The maximum atomic E-state index is 14.5. The van der Waals surface area contributed by atoms with E-state index in [9.17, 15) is 14.0 Å². The standard InChI is InChI=1S/C29H27FN8O2/c1-18(2)38-16-21(13-32-38)20-12-23(29(40)36(15-20)14-19-6-3-4-7-24(19)30)28(39)34-26-9-5-8-25(33-26)27-35-31-17-37(27)22-10-11-22/h3-9,12-13,15-18,22H,10-11,14H2,1-2H3,(H,33,34,39). The van der Waals surface area contributed by atoms with Crippen LogP contribution >= 0.6 is 0 Å². The SMILES string of the molecule is CC(C)n1cc(-c2cc(C(=O)Nc3cccc(-c4nncn4C4CC4)n3)c(=O)n(Cc3ccccc3F)c2)cn1. The number of aromatic nitrogens is 7. The van der Waals surface area contributed by atoms with Crippen molar-refractivity contribution in [2.45, 2.75) is 45.3 Å². The lowest BCUT2D eigenvalue weighted by atomic mass is 10.1. The number of hydrogen-bond acceptors (Lipinski definition) is 6. The molecule has 40 heavy (non-hydrogen) atoms. The van der Waals surface area contributed by atoms with E-state index in [1.54, 1.807) is 59.8 Å². The van der Waals surface area contributed by atoms with Crippen LogP contribution in [0.15, 0.2) is 78.2 Å². The van der Waals surface area contributed by atoms with Crippen molar-refractivity contribution in [2.24, 2.45) is 0 Å². The molecule has 0 unspecified atom stereocenters. The van der Waals surface area contributed by atoms with Crippen molar-refractivity contribution in [3.8, 4) is 22.6 Å². The van der Waals surface area contributed by atoms with E-state index in [1.165, 1.54) is 16.7 Å². The Morgan fingerprint density at radius 3 is 2.67 bits per heavy atom. The number of hydrogen-bond donors (Lipinski definition) is 1. The van der Waals surface area contributed by atoms with Crippen LogP contribution < -0.4 is 10.9 Å². The topological polar surface area (TPSA) is 113 Å². The monoisotopic (exact) mass is 538 g/mol. The summed E-state index contributed by atoms with van der Waals surface area (Å²) in [7, 11) is 0. The van der Waals surface area contributed by atoms with Crippen LogP contribution in [0.4, 0.5) is 10.2 Å². The molecule has 0 spiro atoms. The van der Waals surface area contributed by atoms with E-state index in [0.29, 0.717) is 28.7 Å². The molecular weight excluding hydrogens is 511 g/mol. The van der Waals surface area contributed by atoms with Gasteiger partial charge in [0, 0.05) is 41.2 Å². The van der Waals surface area contributed by atoms with Gasteiger partial charge in [-0.2, -0.15) is 5.10 Å². The Balaban J connectivity index is 1.36. The summed E-state index contributed by atoms with van der Waals surface area (Å²) in [5.74, 6) is -0.168. The van der Waals surface area contributed by atoms with Crippen LogP contribution in [0.5, 0.6) is 0 Å². The normalized spacial score (nSPS) is 13.1. The average molecular weight is 539 g/mol. The minimum atomic E-state index is -0.626. The van der Waals surface area contributed by atoms with Crippen LogP contribution in [0.25, 0.3) is 22.6 Å². The molecule has 4 heterocycles. The molecule has 0 radical (unpaired) electrons. The number of carbonyl (C=O) groups excluding carboxylic acids is 1. The number of halogens is 1. The molecule has 4 aromatic heterocycles. The number of nitrogens with one attached hydrogen (secondary N) is 1. The third kappa shape index (κ3) is 5.05. The van der Waals surface area contributed by atoms with Gasteiger partial charge < -0.3 is 14.5 Å². The molecule has 202 valence electrons. The second-order valence-corrected chi connectivity index (χ2v) is 10.1. The van der Waals surface area contributed by atoms with Gasteiger partial charge in [-0.05, 0) is 51.0 Å². The zero-order chi connectivity index (χ0) is 27.8. The smallest absolute Gasteiger partial charge is 0.263 e. The lowest BCUT2D eigenvalue weighted by Crippen LogP contribution is -2.30. The van der Waals surface area contributed by atoms with Gasteiger partial charge in [0.2, 0.25) is 0 Å². The Bertz CT molecular complexity index is 1770. The number of amides is 1. The van der Waals surface area contributed by atoms with Gasteiger partial charge in [-0.1, -0.05) is 24.3 Å². The Morgan fingerprint density at radius 2 is 1.93 bits per heavy atom. The Kier molecular flexibility index (Phi) is 6.54. The van der Waals surface area contributed by atoms with Gasteiger partial charge in [0.15, 0.2) is 5.82 Å². The molecule has 1 amide bonds. The van der Waals surface area contributed by atoms with Crippen LogP contribution in [0.3, 0.4) is 0 Å². The van der Waals surface area contributed by atoms with Gasteiger partial charge >= 0.3 is 0 Å². The summed E-state index contributed by atoms with van der Waals surface area (Å²) in [5, 5.41) is 15.4. The number of pyridine rings is 2. The maximum absolute atomic E-state index is 14.5. The van der Waals surface area contributed by atoms with Crippen LogP contribution in [0, 0.1) is 5.82 Å². The van der Waals surface area contributed by atoms with Crippen LogP contribution in [0.2, 0.25) is 0 Å². The van der Waals surface area contributed by atoms with E-state index in [1.807, 2.05) is 24.6 Å². The molecule has 0 aliphatic heterocycles. The van der Waals surface area contributed by atoms with Crippen molar-refractivity contribution in [2.75, 3.05) is 5.32 Å². The second kappa shape index (κ2) is 10.3. The molecule has 0 bridgehead atoms. The Labute approximate surface area is 229 Å². The van der Waals surface area contributed by atoms with Crippen LogP contribution in [-0.2, 0) is 6.54 Å². The Hall–Kier alpha value is -4.93. The number of carbonyl (C=O) groups is 1. The lowest BCUT2D eigenvalue weighted by Gasteiger charge is -2.13. The van der Waals surface area contributed by atoms with E-state index < -0.39 is 17.3 Å². The molecule has 1 fully saturated rings. The summed E-state index contributed by atoms with van der Waals surface area (Å²) in [6.45, 7) is 3.97. The second-order valence-electron chi connectivity index (χ2n) is 10.1. The summed E-state index contributed by atoms with van der Waals surface area (Å²) in [4.78, 5) is 31.6. The third-order valence-corrected chi connectivity index (χ3v) is 6.83. The van der Waals surface area contributed by atoms with E-state index in [0.717, 1.165) is 18.4 Å². The van der Waals surface area contributed by atoms with Gasteiger partial charge in [-0.25, -0.2) is 9.37 Å². The molecule has 6 rings (SSSR count). The van der Waals surface area contributed by atoms with E-state index in [-0.39, 0.29) is 24.0 Å². The fourth-order valence-corrected chi connectivity index (χ4v) is 4.51. The average Bonchev–Trinajstić information content (AvgIpc) is 3.44. The quantitative estimate of drug-likeness (QED) is 0.306. The van der Waals surface area contributed by atoms with E-state index >= 15 is 0 Å². The molecule has 1 aliphatic rings. The first kappa shape index (κ1) is 25.4. The van der Waals surface area contributed by atoms with Gasteiger partial charge in [-0.15, -0.1) is 10.2 Å². The highest BCUT2D eigenvalue weighted by atomic mass is 19.1. The summed E-state index contributed by atoms with van der Waals surface area (Å²) >= 11 is 0. The highest BCUT2D eigenvalue weighted by Gasteiger charge is 2.27. The van der Waals surface area contributed by atoms with Crippen molar-refractivity contribution in [3.05, 3.63) is 101 Å². The molecular formula is C29H27FN8O2. The van der Waals surface area contributed by atoms with E-state index in [4.69, 9.17) is 0 Å². The predicted octanol–water partition coefficient (Wildman–Crippen LogP) is 4.72. The lowest BCUT2D eigenvalue weighted by molar-refractivity contribution is 0.102. The Morgan fingerprint density at radius 1 is 1.10 bits per heavy atom. The molecule has 1 aromatic carbocycles. The van der Waals surface area contributed by atoms with Crippen molar-refractivity contribution in [3.63, 3.8) is 0 Å². The highest BCUT2D eigenvalue weighted by Crippen LogP contribution is 2.37. The fraction of sp³-hybridized carbons (Fsp3) is 0.241. The number of anilines is 1. The number of benzene rings is 1. The minimum Gasteiger partial charge on any atom is -0.310 e. The molecule has 0 atom stereocenters. The molecule has 0 saturated heterocycles. The van der Waals surface area contributed by atoms with Crippen LogP contribution in [-0.4, -0.2) is 40.0 Å². The number of rotatable bonds is 8. The predicted molar refractivity (Wildman–Crippen MR) is 147 cm³/mol. The number of nitrogens with zero attached hydrogens (tertiary/aromatic N) is 7. The first-order valence-corrected chi connectivity index (χ1v) is 13.1. The molecule has 1 N–H and O–H groups in total. The third-order valence-electron chi connectivity index (χ3n) is 6.83. The van der Waals surface area contributed by atoms with Crippen molar-refractivity contribution < 1.29 is 9.18 Å². The molecule has 5 aromatic rings. The molecule has 10 nitrogen and oxygen atoms in total. The van der Waals surface area contributed by atoms with Crippen molar-refractivity contribution in [1.82, 2.24) is 34.1 Å². The largest absolute Gasteiger partial charge is 0.310 e. The van der Waals surface area contributed by atoms with Gasteiger partial charge in [0.05, 0.1) is 12.7 Å². The molecule has 11 heteroatoms. The zero-order valence-corrected chi connectivity index (χ0v) is 22.0. The fourth-order valence-electron chi connectivity index (χ4n) is 4.51. The summed E-state index contributed by atoms with van der Waals surface area (Å²) in [6, 6.07) is 13.5. The molecule has 1 saturated carbocycles. The van der Waals surface area contributed by atoms with Crippen molar-refractivity contribution in [1.29, 1.82) is 0 Å². The zero-order valence-electron chi connectivity index (χ0n) is 22.0. The van der Waals surface area contributed by atoms with Gasteiger partial charge in [0.1, 0.15) is 29.2 Å². The van der Waals surface area contributed by atoms with E-state index in [2.05, 4.69) is 25.6 Å². The van der Waals surface area contributed by atoms with Crippen LogP contribution in [0.1, 0.15) is 54.7 Å². The summed E-state index contributed by atoms with van der Waals surface area (Å²) < 4.78 is 19.6. The summed E-state index contributed by atoms with van der Waals surface area (Å²) in [6.07, 6.45) is 8.96. The van der Waals surface area contributed by atoms with Crippen molar-refractivity contribution >= 4 is 11.7 Å². The van der Waals surface area contributed by atoms with Gasteiger partial charge in [-0.3, -0.25) is 14.3 Å². The maximum Gasteiger partial charge on any atom is 0.263 e. The minimum absolute atomic E-state index is 0.0392. The first-order valence-electron chi connectivity index (χ1n) is 13.1. The summed E-state index contributed by atoms with van der Waals surface area (Å²) in [5.41, 5.74) is 1.58. The first-order chi connectivity index (χ1) is 19.4.